The number of thiophene rings is 1. The monoisotopic (exact) mass is 366 g/mol. The minimum absolute atomic E-state index is 0.0375. The van der Waals surface area contributed by atoms with E-state index < -0.39 is 10.0 Å². The van der Waals surface area contributed by atoms with Gasteiger partial charge < -0.3 is 4.74 Å². The number of sulfonamides is 1. The summed E-state index contributed by atoms with van der Waals surface area (Å²) < 4.78 is 33.3. The summed E-state index contributed by atoms with van der Waals surface area (Å²) in [5.41, 5.74) is 0.950. The van der Waals surface area contributed by atoms with E-state index in [1.165, 1.54) is 11.3 Å². The van der Waals surface area contributed by atoms with E-state index in [4.69, 9.17) is 4.74 Å². The van der Waals surface area contributed by atoms with Gasteiger partial charge in [-0.3, -0.25) is 4.98 Å². The van der Waals surface area contributed by atoms with E-state index in [0.29, 0.717) is 30.1 Å². The second-order valence-electron chi connectivity index (χ2n) is 5.93. The summed E-state index contributed by atoms with van der Waals surface area (Å²) in [5, 5.41) is 0. The highest BCUT2D eigenvalue weighted by Crippen LogP contribution is 2.28. The van der Waals surface area contributed by atoms with Gasteiger partial charge in [-0.05, 0) is 50.5 Å². The van der Waals surface area contributed by atoms with Crippen molar-refractivity contribution in [3.05, 3.63) is 41.0 Å². The summed E-state index contributed by atoms with van der Waals surface area (Å²) in [6.07, 6.45) is 4.01. The summed E-state index contributed by atoms with van der Waals surface area (Å²) in [7, 11) is -3.37. The molecule has 0 aromatic carbocycles. The zero-order chi connectivity index (χ0) is 17.2. The lowest BCUT2D eigenvalue weighted by atomic mass is 10.1. The van der Waals surface area contributed by atoms with E-state index in [2.05, 4.69) is 4.98 Å². The number of aromatic nitrogens is 1. The fraction of sp³-hybridized carbons (Fsp3) is 0.471. The average molecular weight is 367 g/mol. The molecule has 3 rings (SSSR count). The maximum Gasteiger partial charge on any atom is 0.252 e. The van der Waals surface area contributed by atoms with Crippen LogP contribution in [-0.4, -0.2) is 36.9 Å². The molecule has 0 N–H and O–H groups in total. The molecule has 0 saturated carbocycles. The summed E-state index contributed by atoms with van der Waals surface area (Å²) >= 11 is 1.37. The first-order valence-corrected chi connectivity index (χ1v) is 10.4. The minimum atomic E-state index is -3.37. The highest BCUT2D eigenvalue weighted by Gasteiger charge is 2.31. The number of piperidine rings is 1. The average Bonchev–Trinajstić information content (AvgIpc) is 3.07. The molecule has 1 saturated heterocycles. The van der Waals surface area contributed by atoms with E-state index in [0.717, 1.165) is 22.7 Å². The Hall–Kier alpha value is -1.44. The van der Waals surface area contributed by atoms with E-state index in [9.17, 15) is 8.42 Å². The van der Waals surface area contributed by atoms with Gasteiger partial charge in [-0.15, -0.1) is 11.3 Å². The summed E-state index contributed by atoms with van der Waals surface area (Å²) in [5.74, 6) is 0.743. The van der Waals surface area contributed by atoms with Crippen molar-refractivity contribution < 1.29 is 13.2 Å². The molecule has 2 aromatic heterocycles. The maximum absolute atomic E-state index is 12.7. The topological polar surface area (TPSA) is 59.5 Å². The van der Waals surface area contributed by atoms with Gasteiger partial charge >= 0.3 is 0 Å². The fourth-order valence-corrected chi connectivity index (χ4v) is 5.64. The van der Waals surface area contributed by atoms with Gasteiger partial charge in [0, 0.05) is 23.7 Å². The zero-order valence-corrected chi connectivity index (χ0v) is 15.6. The van der Waals surface area contributed by atoms with Crippen molar-refractivity contribution in [2.45, 2.75) is 43.4 Å². The number of ether oxygens (including phenoxy) is 1. The molecule has 2 aromatic rings. The first-order chi connectivity index (χ1) is 11.5. The molecule has 24 heavy (non-hydrogen) atoms. The molecule has 7 heteroatoms. The molecule has 1 aliphatic rings. The van der Waals surface area contributed by atoms with Crippen molar-refractivity contribution in [1.29, 1.82) is 0 Å². The smallest absolute Gasteiger partial charge is 0.252 e. The first kappa shape index (κ1) is 17.4. The lowest BCUT2D eigenvalue weighted by molar-refractivity contribution is 0.134. The number of aryl methyl sites for hydroxylation is 2. The number of hydrogen-bond acceptors (Lipinski definition) is 5. The third kappa shape index (κ3) is 3.79. The van der Waals surface area contributed by atoms with Gasteiger partial charge in [0.15, 0.2) is 0 Å². The molecule has 0 aliphatic carbocycles. The molecule has 0 atom stereocenters. The van der Waals surface area contributed by atoms with Crippen LogP contribution in [0.25, 0.3) is 0 Å². The molecule has 130 valence electrons. The quantitative estimate of drug-likeness (QED) is 0.815. The maximum atomic E-state index is 12.7. The Morgan fingerprint density at radius 1 is 1.25 bits per heavy atom. The first-order valence-electron chi connectivity index (χ1n) is 8.17. The van der Waals surface area contributed by atoms with Crippen LogP contribution in [0.4, 0.5) is 0 Å². The van der Waals surface area contributed by atoms with Gasteiger partial charge in [0.1, 0.15) is 16.1 Å². The van der Waals surface area contributed by atoms with Crippen molar-refractivity contribution in [3.8, 4) is 5.75 Å². The predicted octanol–water partition coefficient (Wildman–Crippen LogP) is 3.25. The molecule has 0 unspecified atom stereocenters. The van der Waals surface area contributed by atoms with Crippen LogP contribution in [0.2, 0.25) is 0 Å². The lowest BCUT2D eigenvalue weighted by Crippen LogP contribution is -2.41. The Morgan fingerprint density at radius 3 is 2.58 bits per heavy atom. The van der Waals surface area contributed by atoms with Crippen molar-refractivity contribution in [2.24, 2.45) is 0 Å². The van der Waals surface area contributed by atoms with Gasteiger partial charge in [0.25, 0.3) is 10.0 Å². The van der Waals surface area contributed by atoms with Crippen molar-refractivity contribution in [1.82, 2.24) is 9.29 Å². The van der Waals surface area contributed by atoms with Crippen LogP contribution >= 0.6 is 11.3 Å². The Labute approximate surface area is 147 Å². The molecule has 3 heterocycles. The molecule has 0 spiro atoms. The van der Waals surface area contributed by atoms with Crippen molar-refractivity contribution >= 4 is 21.4 Å². The van der Waals surface area contributed by atoms with Crippen LogP contribution in [0.15, 0.2) is 34.7 Å². The number of nitrogens with zero attached hydrogens (tertiary/aromatic N) is 2. The Morgan fingerprint density at radius 2 is 2.00 bits per heavy atom. The Kier molecular flexibility index (Phi) is 5.22. The highest BCUT2D eigenvalue weighted by atomic mass is 32.2. The molecule has 0 bridgehead atoms. The minimum Gasteiger partial charge on any atom is -0.489 e. The standard InChI is InChI=1S/C17H22N2O3S2/c1-3-16-6-7-17(23-16)24(20,21)19-10-8-14(9-11-19)22-15-5-4-13(2)18-12-15/h4-7,12,14H,3,8-11H2,1-2H3. The fourth-order valence-electron chi connectivity index (χ4n) is 2.72. The SMILES string of the molecule is CCc1ccc(S(=O)(=O)N2CCC(Oc3ccc(C)nc3)CC2)s1. The van der Waals surface area contributed by atoms with E-state index >= 15 is 0 Å². The molecule has 1 fully saturated rings. The van der Waals surface area contributed by atoms with Crippen LogP contribution in [0.5, 0.6) is 5.75 Å². The normalized spacial score (nSPS) is 17.1. The summed E-state index contributed by atoms with van der Waals surface area (Å²) in [6.45, 7) is 4.95. The Bertz CT molecular complexity index is 776. The van der Waals surface area contributed by atoms with E-state index in [1.54, 1.807) is 16.6 Å². The van der Waals surface area contributed by atoms with Gasteiger partial charge in [0.2, 0.25) is 0 Å². The largest absolute Gasteiger partial charge is 0.489 e. The third-order valence-corrected chi connectivity index (χ3v) is 7.76. The third-order valence-electron chi connectivity index (χ3n) is 4.17. The van der Waals surface area contributed by atoms with Crippen LogP contribution in [0.3, 0.4) is 0 Å². The molecular formula is C17H22N2O3S2. The molecule has 5 nitrogen and oxygen atoms in total. The predicted molar refractivity (Wildman–Crippen MR) is 95.1 cm³/mol. The van der Waals surface area contributed by atoms with E-state index in [1.807, 2.05) is 32.0 Å². The summed E-state index contributed by atoms with van der Waals surface area (Å²) in [4.78, 5) is 5.31. The lowest BCUT2D eigenvalue weighted by Gasteiger charge is -2.31. The highest BCUT2D eigenvalue weighted by molar-refractivity contribution is 7.91. The van der Waals surface area contributed by atoms with Gasteiger partial charge in [0.05, 0.1) is 6.20 Å². The van der Waals surface area contributed by atoms with Crippen LogP contribution in [0.1, 0.15) is 30.3 Å². The van der Waals surface area contributed by atoms with Gasteiger partial charge in [-0.2, -0.15) is 4.31 Å². The van der Waals surface area contributed by atoms with Crippen molar-refractivity contribution in [2.75, 3.05) is 13.1 Å². The molecule has 1 aliphatic heterocycles. The van der Waals surface area contributed by atoms with Crippen LogP contribution in [-0.2, 0) is 16.4 Å². The summed E-state index contributed by atoms with van der Waals surface area (Å²) in [6, 6.07) is 7.44. The Balaban J connectivity index is 1.60. The van der Waals surface area contributed by atoms with Gasteiger partial charge in [-0.1, -0.05) is 6.92 Å². The zero-order valence-electron chi connectivity index (χ0n) is 13.9. The number of hydrogen-bond donors (Lipinski definition) is 0. The van der Waals surface area contributed by atoms with Gasteiger partial charge in [-0.25, -0.2) is 8.42 Å². The second-order valence-corrected chi connectivity index (χ2v) is 9.26. The van der Waals surface area contributed by atoms with E-state index in [-0.39, 0.29) is 6.10 Å². The number of rotatable bonds is 5. The molecule has 0 amide bonds. The molecule has 0 radical (unpaired) electrons. The molecular weight excluding hydrogens is 344 g/mol. The second kappa shape index (κ2) is 7.21. The van der Waals surface area contributed by atoms with Crippen LogP contribution < -0.4 is 4.74 Å². The van der Waals surface area contributed by atoms with Crippen molar-refractivity contribution in [3.63, 3.8) is 0 Å². The van der Waals surface area contributed by atoms with Crippen LogP contribution in [0, 0.1) is 6.92 Å². The number of pyridine rings is 1.